The Kier molecular flexibility index (Phi) is 4.31. The van der Waals surface area contributed by atoms with Gasteiger partial charge in [0.25, 0.3) is 0 Å². The van der Waals surface area contributed by atoms with Crippen LogP contribution < -0.4 is 5.69 Å². The molecule has 3 rings (SSSR count). The van der Waals surface area contributed by atoms with E-state index in [1.807, 2.05) is 0 Å². The lowest BCUT2D eigenvalue weighted by atomic mass is 10.1. The molecule has 0 radical (unpaired) electrons. The first-order valence-electron chi connectivity index (χ1n) is 7.31. The molecule has 0 unspecified atom stereocenters. The summed E-state index contributed by atoms with van der Waals surface area (Å²) in [7, 11) is 0. The van der Waals surface area contributed by atoms with E-state index in [0.717, 1.165) is 21.5 Å². The highest BCUT2D eigenvalue weighted by Gasteiger charge is 2.34. The van der Waals surface area contributed by atoms with Crippen molar-refractivity contribution in [2.45, 2.75) is 38.0 Å². The summed E-state index contributed by atoms with van der Waals surface area (Å²) in [6.45, 7) is -0.314. The normalized spacial score (nSPS) is 17.4. The van der Waals surface area contributed by atoms with Crippen LogP contribution in [0.25, 0.3) is 0 Å². The SMILES string of the molecule is O=C(O)[C@@H]1CCCc2nn(Cc3cc(C(F)(F)F)c(Cl)cn3)c(=O)n21. The summed E-state index contributed by atoms with van der Waals surface area (Å²) in [6.07, 6.45) is -2.51. The van der Waals surface area contributed by atoms with Gasteiger partial charge >= 0.3 is 17.8 Å². The van der Waals surface area contributed by atoms with E-state index in [4.69, 9.17) is 11.6 Å². The van der Waals surface area contributed by atoms with Gasteiger partial charge in [0, 0.05) is 12.6 Å². The third kappa shape index (κ3) is 3.26. The third-order valence-electron chi connectivity index (χ3n) is 3.94. The minimum Gasteiger partial charge on any atom is -0.480 e. The van der Waals surface area contributed by atoms with Crippen LogP contribution in [0.5, 0.6) is 0 Å². The molecule has 11 heteroatoms. The largest absolute Gasteiger partial charge is 0.480 e. The van der Waals surface area contributed by atoms with E-state index < -0.39 is 34.5 Å². The maximum Gasteiger partial charge on any atom is 0.417 e. The maximum absolute atomic E-state index is 12.9. The summed E-state index contributed by atoms with van der Waals surface area (Å²) < 4.78 is 40.7. The number of aliphatic carboxylic acids is 1. The molecule has 0 bridgehead atoms. The summed E-state index contributed by atoms with van der Waals surface area (Å²) >= 11 is 5.52. The molecule has 0 fully saturated rings. The summed E-state index contributed by atoms with van der Waals surface area (Å²) in [5.41, 5.74) is -1.80. The summed E-state index contributed by atoms with van der Waals surface area (Å²) in [4.78, 5) is 27.5. The number of carboxylic acids is 1. The van der Waals surface area contributed by atoms with Crippen molar-refractivity contribution >= 4 is 17.6 Å². The lowest BCUT2D eigenvalue weighted by Gasteiger charge is -2.19. The van der Waals surface area contributed by atoms with Crippen LogP contribution in [0.3, 0.4) is 0 Å². The Balaban J connectivity index is 1.98. The molecule has 0 amide bonds. The van der Waals surface area contributed by atoms with Crippen LogP contribution in [0.2, 0.25) is 5.02 Å². The molecule has 0 saturated carbocycles. The Morgan fingerprint density at radius 1 is 1.44 bits per heavy atom. The van der Waals surface area contributed by atoms with Crippen molar-refractivity contribution in [3.8, 4) is 0 Å². The van der Waals surface area contributed by atoms with Crippen LogP contribution >= 0.6 is 11.6 Å². The van der Waals surface area contributed by atoms with E-state index in [1.54, 1.807) is 0 Å². The monoisotopic (exact) mass is 376 g/mol. The molecule has 1 N–H and O–H groups in total. The second-order valence-electron chi connectivity index (χ2n) is 5.63. The van der Waals surface area contributed by atoms with E-state index in [1.165, 1.54) is 0 Å². The Hall–Kier alpha value is -2.36. The van der Waals surface area contributed by atoms with Gasteiger partial charge in [-0.2, -0.15) is 18.3 Å². The van der Waals surface area contributed by atoms with Gasteiger partial charge in [0.1, 0.15) is 11.9 Å². The van der Waals surface area contributed by atoms with Crippen molar-refractivity contribution < 1.29 is 23.1 Å². The number of hydrogen-bond acceptors (Lipinski definition) is 4. The fraction of sp³-hybridized carbons (Fsp3) is 0.429. The predicted molar refractivity (Wildman–Crippen MR) is 79.4 cm³/mol. The number of alkyl halides is 3. The average molecular weight is 377 g/mol. The molecule has 2 aromatic heterocycles. The zero-order chi connectivity index (χ0) is 18.4. The van der Waals surface area contributed by atoms with Gasteiger partial charge in [0.2, 0.25) is 0 Å². The number of fused-ring (bicyclic) bond motifs is 1. The predicted octanol–water partition coefficient (Wildman–Crippen LogP) is 2.12. The van der Waals surface area contributed by atoms with Crippen LogP contribution in [0.15, 0.2) is 17.1 Å². The molecule has 0 aliphatic carbocycles. The van der Waals surface area contributed by atoms with Gasteiger partial charge in [0.15, 0.2) is 0 Å². The maximum atomic E-state index is 12.9. The second kappa shape index (κ2) is 6.17. The molecule has 0 saturated heterocycles. The van der Waals surface area contributed by atoms with Crippen molar-refractivity contribution in [1.29, 1.82) is 0 Å². The number of halogens is 4. The van der Waals surface area contributed by atoms with E-state index in [0.29, 0.717) is 25.1 Å². The minimum absolute atomic E-state index is 0.0545. The standard InChI is InChI=1S/C14H12ClF3N4O3/c15-9-5-19-7(4-8(9)14(16,17)18)6-21-13(25)22-10(12(23)24)2-1-3-11(22)20-21/h4-5,10H,1-3,6H2,(H,23,24)/t10-/m0/s1. The zero-order valence-electron chi connectivity index (χ0n) is 12.6. The number of rotatable bonds is 3. The van der Waals surface area contributed by atoms with Gasteiger partial charge in [-0.25, -0.2) is 14.3 Å². The van der Waals surface area contributed by atoms with Gasteiger partial charge in [-0.3, -0.25) is 9.55 Å². The fourth-order valence-electron chi connectivity index (χ4n) is 2.81. The first-order chi connectivity index (χ1) is 11.7. The van der Waals surface area contributed by atoms with Gasteiger partial charge in [-0.1, -0.05) is 11.6 Å². The third-order valence-corrected chi connectivity index (χ3v) is 4.25. The topological polar surface area (TPSA) is 90.0 Å². The van der Waals surface area contributed by atoms with E-state index >= 15 is 0 Å². The van der Waals surface area contributed by atoms with E-state index in [9.17, 15) is 27.9 Å². The van der Waals surface area contributed by atoms with Crippen molar-refractivity contribution in [3.63, 3.8) is 0 Å². The Morgan fingerprint density at radius 3 is 2.80 bits per heavy atom. The highest BCUT2D eigenvalue weighted by molar-refractivity contribution is 6.31. The van der Waals surface area contributed by atoms with Crippen molar-refractivity contribution in [2.75, 3.05) is 0 Å². The number of carboxylic acid groups (broad SMARTS) is 1. The number of aromatic nitrogens is 4. The lowest BCUT2D eigenvalue weighted by molar-refractivity contribution is -0.141. The second-order valence-corrected chi connectivity index (χ2v) is 6.03. The molecular weight excluding hydrogens is 365 g/mol. The molecule has 3 heterocycles. The Morgan fingerprint density at radius 2 is 2.16 bits per heavy atom. The average Bonchev–Trinajstić information content (AvgIpc) is 2.84. The molecule has 134 valence electrons. The van der Waals surface area contributed by atoms with Crippen LogP contribution in [0, 0.1) is 0 Å². The van der Waals surface area contributed by atoms with Crippen LogP contribution in [-0.2, 0) is 23.9 Å². The Labute approximate surface area is 143 Å². The van der Waals surface area contributed by atoms with Crippen molar-refractivity contribution in [3.05, 3.63) is 44.9 Å². The minimum atomic E-state index is -4.65. The molecule has 7 nitrogen and oxygen atoms in total. The van der Waals surface area contributed by atoms with Crippen LogP contribution in [0.4, 0.5) is 13.2 Å². The van der Waals surface area contributed by atoms with E-state index in [2.05, 4.69) is 10.1 Å². The molecular formula is C14H12ClF3N4O3. The van der Waals surface area contributed by atoms with Crippen LogP contribution in [-0.4, -0.2) is 30.4 Å². The first-order valence-corrected chi connectivity index (χ1v) is 7.69. The van der Waals surface area contributed by atoms with Crippen LogP contribution in [0.1, 0.15) is 36.0 Å². The fourth-order valence-corrected chi connectivity index (χ4v) is 3.02. The molecule has 0 spiro atoms. The summed E-state index contributed by atoms with van der Waals surface area (Å²) in [5.74, 6) is -0.847. The highest BCUT2D eigenvalue weighted by atomic mass is 35.5. The number of carbonyl (C=O) groups is 1. The van der Waals surface area contributed by atoms with Gasteiger partial charge in [-0.05, 0) is 18.9 Å². The molecule has 0 aromatic carbocycles. The lowest BCUT2D eigenvalue weighted by Crippen LogP contribution is -2.34. The zero-order valence-corrected chi connectivity index (χ0v) is 13.4. The smallest absolute Gasteiger partial charge is 0.417 e. The van der Waals surface area contributed by atoms with Crippen molar-refractivity contribution in [2.24, 2.45) is 0 Å². The van der Waals surface area contributed by atoms with Gasteiger partial charge < -0.3 is 5.11 Å². The Bertz CT molecular complexity index is 890. The highest BCUT2D eigenvalue weighted by Crippen LogP contribution is 2.34. The van der Waals surface area contributed by atoms with Gasteiger partial charge in [-0.15, -0.1) is 0 Å². The number of pyridine rings is 1. The molecule has 1 aliphatic heterocycles. The molecule has 2 aromatic rings. The number of aryl methyl sites for hydroxylation is 1. The summed E-state index contributed by atoms with van der Waals surface area (Å²) in [5, 5.41) is 12.7. The van der Waals surface area contributed by atoms with Gasteiger partial charge in [0.05, 0.1) is 22.8 Å². The number of nitrogens with zero attached hydrogens (tertiary/aromatic N) is 4. The summed E-state index contributed by atoms with van der Waals surface area (Å²) in [6, 6.07) is -0.268. The van der Waals surface area contributed by atoms with E-state index in [-0.39, 0.29) is 12.2 Å². The molecule has 25 heavy (non-hydrogen) atoms. The van der Waals surface area contributed by atoms with Crippen molar-refractivity contribution in [1.82, 2.24) is 19.3 Å². The quantitative estimate of drug-likeness (QED) is 0.886. The first kappa shape index (κ1) is 17.5. The molecule has 1 atom stereocenters. The molecule has 1 aliphatic rings. The number of hydrogen-bond donors (Lipinski definition) is 1.